The van der Waals surface area contributed by atoms with Crippen molar-refractivity contribution < 1.29 is 22.4 Å². The van der Waals surface area contributed by atoms with E-state index >= 15 is 0 Å². The topological polar surface area (TPSA) is 88.8 Å². The number of alkyl halides is 3. The maximum atomic E-state index is 13.9. The van der Waals surface area contributed by atoms with Gasteiger partial charge in [0.25, 0.3) is 5.91 Å². The summed E-state index contributed by atoms with van der Waals surface area (Å²) < 4.78 is 55.4. The van der Waals surface area contributed by atoms with Gasteiger partial charge in [-0.25, -0.2) is 4.39 Å². The first kappa shape index (κ1) is 22.3. The minimum absolute atomic E-state index is 0.0262. The third kappa shape index (κ3) is 3.64. The van der Waals surface area contributed by atoms with E-state index in [2.05, 4.69) is 9.97 Å². The van der Waals surface area contributed by atoms with Gasteiger partial charge in [0, 0.05) is 23.9 Å². The average Bonchev–Trinajstić information content (AvgIpc) is 3.08. The van der Waals surface area contributed by atoms with E-state index in [1.165, 1.54) is 30.5 Å². The van der Waals surface area contributed by atoms with Crippen LogP contribution in [0, 0.1) is 11.2 Å². The van der Waals surface area contributed by atoms with Crippen molar-refractivity contribution in [1.82, 2.24) is 9.97 Å². The summed E-state index contributed by atoms with van der Waals surface area (Å²) in [5.41, 5.74) is 3.45. The molecule has 2 aromatic heterocycles. The van der Waals surface area contributed by atoms with Crippen molar-refractivity contribution in [2.24, 2.45) is 11.1 Å². The summed E-state index contributed by atoms with van der Waals surface area (Å²) in [5, 5.41) is -0.215. The number of primary amides is 1. The van der Waals surface area contributed by atoms with Crippen LogP contribution in [-0.4, -0.2) is 22.1 Å². The van der Waals surface area contributed by atoms with Crippen LogP contribution in [-0.2, 0) is 0 Å². The summed E-state index contributed by atoms with van der Waals surface area (Å²) >= 11 is 5.89. The average molecular weight is 468 g/mol. The Hall–Kier alpha value is -2.94. The maximum Gasteiger partial charge on any atom is 0.394 e. The number of nitrogens with one attached hydrogen (secondary N) is 1. The molecule has 0 bridgehead atoms. The number of hydrogen-bond acceptors (Lipinski definition) is 3. The molecular formula is C22H18ClF4N3O2. The zero-order valence-corrected chi connectivity index (χ0v) is 17.5. The third-order valence-corrected chi connectivity index (χ3v) is 6.57. The normalized spacial score (nSPS) is 23.6. The first-order valence-corrected chi connectivity index (χ1v) is 10.1. The van der Waals surface area contributed by atoms with Crippen LogP contribution >= 0.6 is 11.6 Å². The SMILES string of the molecule is C[C@@]1(C(F)(F)F)CC(c2cc(=O)c3c(C(N)=O)nccc3[nH]2)[C@H](c2ccc(F)c(Cl)c2)C1. The minimum Gasteiger partial charge on any atom is -0.364 e. The molecule has 4 rings (SSSR count). The molecule has 3 aromatic rings. The number of hydrogen-bond donors (Lipinski definition) is 2. The summed E-state index contributed by atoms with van der Waals surface area (Å²) in [5.74, 6) is -2.97. The van der Waals surface area contributed by atoms with Gasteiger partial charge < -0.3 is 10.7 Å². The van der Waals surface area contributed by atoms with E-state index in [4.69, 9.17) is 17.3 Å². The van der Waals surface area contributed by atoms with Crippen molar-refractivity contribution in [2.45, 2.75) is 37.8 Å². The van der Waals surface area contributed by atoms with Crippen LogP contribution < -0.4 is 11.2 Å². The molecule has 0 radical (unpaired) electrons. The highest BCUT2D eigenvalue weighted by Gasteiger charge is 2.58. The molecule has 1 amide bonds. The van der Waals surface area contributed by atoms with Crippen molar-refractivity contribution in [1.29, 1.82) is 0 Å². The van der Waals surface area contributed by atoms with Crippen LogP contribution in [0.4, 0.5) is 17.6 Å². The molecule has 0 aliphatic heterocycles. The minimum atomic E-state index is -4.48. The van der Waals surface area contributed by atoms with Gasteiger partial charge in [-0.2, -0.15) is 13.2 Å². The van der Waals surface area contributed by atoms with Crippen LogP contribution in [0.1, 0.15) is 53.3 Å². The van der Waals surface area contributed by atoms with E-state index in [1.807, 2.05) is 0 Å². The summed E-state index contributed by atoms with van der Waals surface area (Å²) in [7, 11) is 0. The molecule has 1 aromatic carbocycles. The summed E-state index contributed by atoms with van der Waals surface area (Å²) in [6, 6.07) is 6.49. The van der Waals surface area contributed by atoms with Crippen molar-refractivity contribution in [3.63, 3.8) is 0 Å². The van der Waals surface area contributed by atoms with E-state index in [0.29, 0.717) is 5.56 Å². The van der Waals surface area contributed by atoms with E-state index in [-0.39, 0.29) is 40.2 Å². The van der Waals surface area contributed by atoms with E-state index in [0.717, 1.165) is 13.0 Å². The number of aromatic amines is 1. The Labute approximate surface area is 184 Å². The first-order chi connectivity index (χ1) is 14.9. The molecule has 1 aliphatic carbocycles. The predicted molar refractivity (Wildman–Crippen MR) is 111 cm³/mol. The number of nitrogens with zero attached hydrogens (tertiary/aromatic N) is 1. The van der Waals surface area contributed by atoms with Gasteiger partial charge in [-0.15, -0.1) is 0 Å². The number of amides is 1. The second kappa shape index (κ2) is 7.58. The molecule has 10 heteroatoms. The number of nitrogens with two attached hydrogens (primary N) is 1. The number of rotatable bonds is 3. The molecule has 5 nitrogen and oxygen atoms in total. The second-order valence-electron chi connectivity index (χ2n) is 8.39. The zero-order valence-electron chi connectivity index (χ0n) is 16.8. The lowest BCUT2D eigenvalue weighted by Gasteiger charge is -2.27. The highest BCUT2D eigenvalue weighted by Crippen LogP contribution is 2.60. The molecule has 1 saturated carbocycles. The molecule has 1 fully saturated rings. The molecule has 32 heavy (non-hydrogen) atoms. The fourth-order valence-electron chi connectivity index (χ4n) is 4.60. The second-order valence-corrected chi connectivity index (χ2v) is 8.80. The number of carbonyl (C=O) groups is 1. The van der Waals surface area contributed by atoms with Crippen LogP contribution in [0.25, 0.3) is 10.9 Å². The number of fused-ring (bicyclic) bond motifs is 1. The molecule has 0 saturated heterocycles. The Morgan fingerprint density at radius 3 is 2.53 bits per heavy atom. The Balaban J connectivity index is 1.88. The number of carbonyl (C=O) groups excluding carboxylic acids is 1. The molecule has 3 N–H and O–H groups in total. The Bertz CT molecular complexity index is 1290. The zero-order chi connectivity index (χ0) is 23.4. The van der Waals surface area contributed by atoms with Gasteiger partial charge in [-0.1, -0.05) is 24.6 Å². The third-order valence-electron chi connectivity index (χ3n) is 6.28. The highest BCUT2D eigenvalue weighted by atomic mass is 35.5. The smallest absolute Gasteiger partial charge is 0.364 e. The molecule has 1 unspecified atom stereocenters. The Kier molecular flexibility index (Phi) is 5.27. The lowest BCUT2D eigenvalue weighted by atomic mass is 9.85. The van der Waals surface area contributed by atoms with Crippen molar-refractivity contribution >= 4 is 28.4 Å². The van der Waals surface area contributed by atoms with Crippen molar-refractivity contribution in [2.75, 3.05) is 0 Å². The van der Waals surface area contributed by atoms with Crippen LogP contribution in [0.15, 0.2) is 41.3 Å². The van der Waals surface area contributed by atoms with E-state index in [9.17, 15) is 27.2 Å². The number of aromatic nitrogens is 2. The van der Waals surface area contributed by atoms with E-state index in [1.54, 1.807) is 0 Å². The fraction of sp³-hybridized carbons (Fsp3) is 0.318. The lowest BCUT2D eigenvalue weighted by molar-refractivity contribution is -0.216. The summed E-state index contributed by atoms with van der Waals surface area (Å²) in [4.78, 5) is 31.3. The number of halogens is 5. The number of benzene rings is 1. The van der Waals surface area contributed by atoms with Gasteiger partial charge in [-0.05, 0) is 42.5 Å². The summed E-state index contributed by atoms with van der Waals surface area (Å²) in [6.45, 7) is 1.14. The standard InChI is InChI=1S/C22H18ClF4N3O2/c1-21(22(25,26)27)8-11(10-2-3-14(24)13(23)6-10)12(9-21)16-7-17(31)18-15(30-16)4-5-29-19(18)20(28)32/h2-7,11-12H,8-9H2,1H3,(H2,28,32)(H,30,31)/t11-,12?,21-/m0/s1. The summed E-state index contributed by atoms with van der Waals surface area (Å²) in [6.07, 6.45) is -3.74. The van der Waals surface area contributed by atoms with Crippen molar-refractivity contribution in [3.05, 3.63) is 74.5 Å². The number of H-pyrrole nitrogens is 1. The number of pyridine rings is 2. The molecule has 168 valence electrons. The largest absolute Gasteiger partial charge is 0.394 e. The first-order valence-electron chi connectivity index (χ1n) is 9.75. The van der Waals surface area contributed by atoms with Crippen molar-refractivity contribution in [3.8, 4) is 0 Å². The fourth-order valence-corrected chi connectivity index (χ4v) is 4.79. The molecule has 0 spiro atoms. The van der Waals surface area contributed by atoms with Gasteiger partial charge >= 0.3 is 6.18 Å². The lowest BCUT2D eigenvalue weighted by Crippen LogP contribution is -2.32. The Morgan fingerprint density at radius 1 is 1.22 bits per heavy atom. The molecule has 2 heterocycles. The van der Waals surface area contributed by atoms with Gasteiger partial charge in [0.2, 0.25) is 0 Å². The molecule has 3 atom stereocenters. The Morgan fingerprint density at radius 2 is 1.91 bits per heavy atom. The highest BCUT2D eigenvalue weighted by molar-refractivity contribution is 6.30. The monoisotopic (exact) mass is 467 g/mol. The van der Waals surface area contributed by atoms with Crippen LogP contribution in [0.3, 0.4) is 0 Å². The molecular weight excluding hydrogens is 450 g/mol. The van der Waals surface area contributed by atoms with Crippen LogP contribution in [0.5, 0.6) is 0 Å². The van der Waals surface area contributed by atoms with Gasteiger partial charge in [0.05, 0.1) is 21.3 Å². The van der Waals surface area contributed by atoms with Crippen LogP contribution in [0.2, 0.25) is 5.02 Å². The predicted octanol–water partition coefficient (Wildman–Crippen LogP) is 5.04. The maximum absolute atomic E-state index is 13.9. The molecule has 1 aliphatic rings. The van der Waals surface area contributed by atoms with E-state index < -0.39 is 40.6 Å². The van der Waals surface area contributed by atoms with Gasteiger partial charge in [-0.3, -0.25) is 14.6 Å². The van der Waals surface area contributed by atoms with Gasteiger partial charge in [0.1, 0.15) is 11.5 Å². The quantitative estimate of drug-likeness (QED) is 0.529. The van der Waals surface area contributed by atoms with Gasteiger partial charge in [0.15, 0.2) is 5.43 Å².